The average Bonchev–Trinajstić information content (AvgIpc) is 2.38. The number of esters is 1. The molecule has 98 valence electrons. The highest BCUT2D eigenvalue weighted by Crippen LogP contribution is 2.40. The maximum atomic E-state index is 11.1. The number of nitrogen functional groups attached to an aromatic ring is 1. The predicted molar refractivity (Wildman–Crippen MR) is 66.9 cm³/mol. The molecule has 0 aromatic heterocycles. The lowest BCUT2D eigenvalue weighted by atomic mass is 10.0. The number of ether oxygens (including phenoxy) is 3. The summed E-state index contributed by atoms with van der Waals surface area (Å²) in [5.41, 5.74) is 8.39. The maximum absolute atomic E-state index is 11.1. The monoisotopic (exact) mass is 251 g/mol. The fourth-order valence-corrected chi connectivity index (χ4v) is 2.09. The molecule has 5 nitrogen and oxygen atoms in total. The molecule has 1 aliphatic heterocycles. The molecular formula is C13H17NO4. The van der Waals surface area contributed by atoms with Crippen molar-refractivity contribution in [3.63, 3.8) is 0 Å². The molecule has 0 fully saturated rings. The molecule has 1 aromatic carbocycles. The second-order valence-electron chi connectivity index (χ2n) is 4.24. The molecule has 0 amide bonds. The van der Waals surface area contributed by atoms with Gasteiger partial charge in [0, 0.05) is 5.56 Å². The molecule has 0 aliphatic carbocycles. The van der Waals surface area contributed by atoms with Crippen LogP contribution in [0.3, 0.4) is 0 Å². The number of benzene rings is 1. The molecular weight excluding hydrogens is 234 g/mol. The smallest absolute Gasteiger partial charge is 0.343 e. The first-order valence-corrected chi connectivity index (χ1v) is 5.88. The molecule has 0 spiro atoms. The molecule has 18 heavy (non-hydrogen) atoms. The summed E-state index contributed by atoms with van der Waals surface area (Å²) in [6.45, 7) is 2.46. The first kappa shape index (κ1) is 12.5. The van der Waals surface area contributed by atoms with Gasteiger partial charge in [-0.15, -0.1) is 0 Å². The number of rotatable bonds is 3. The minimum atomic E-state index is -0.406. The van der Waals surface area contributed by atoms with Crippen molar-refractivity contribution in [2.75, 3.05) is 26.1 Å². The Kier molecular flexibility index (Phi) is 3.60. The number of carbonyl (C=O) groups is 1. The van der Waals surface area contributed by atoms with Crippen LogP contribution in [0, 0.1) is 6.92 Å². The molecule has 2 N–H and O–H groups in total. The van der Waals surface area contributed by atoms with Crippen molar-refractivity contribution in [3.8, 4) is 11.5 Å². The van der Waals surface area contributed by atoms with Crippen LogP contribution in [0.25, 0.3) is 0 Å². The van der Waals surface area contributed by atoms with Gasteiger partial charge in [-0.25, -0.2) is 4.79 Å². The van der Waals surface area contributed by atoms with Crippen molar-refractivity contribution in [2.24, 2.45) is 0 Å². The normalized spacial score (nSPS) is 13.4. The summed E-state index contributed by atoms with van der Waals surface area (Å²) in [6, 6.07) is 1.80. The lowest BCUT2D eigenvalue weighted by Gasteiger charge is -2.23. The van der Waals surface area contributed by atoms with Crippen molar-refractivity contribution in [1.29, 1.82) is 0 Å². The number of aryl methyl sites for hydroxylation is 1. The second-order valence-corrected chi connectivity index (χ2v) is 4.24. The van der Waals surface area contributed by atoms with E-state index in [-0.39, 0.29) is 6.61 Å². The summed E-state index contributed by atoms with van der Waals surface area (Å²) in [5.74, 6) is 0.965. The van der Waals surface area contributed by atoms with E-state index in [2.05, 4.69) is 4.74 Å². The molecule has 0 saturated heterocycles. The van der Waals surface area contributed by atoms with E-state index in [0.29, 0.717) is 23.8 Å². The van der Waals surface area contributed by atoms with Gasteiger partial charge in [0.15, 0.2) is 6.61 Å². The van der Waals surface area contributed by atoms with Crippen molar-refractivity contribution in [1.82, 2.24) is 0 Å². The van der Waals surface area contributed by atoms with E-state index in [0.717, 1.165) is 24.0 Å². The zero-order chi connectivity index (χ0) is 13.1. The van der Waals surface area contributed by atoms with Crippen LogP contribution in [0.5, 0.6) is 11.5 Å². The van der Waals surface area contributed by atoms with Gasteiger partial charge in [-0.05, 0) is 31.4 Å². The zero-order valence-electron chi connectivity index (χ0n) is 10.6. The van der Waals surface area contributed by atoms with Gasteiger partial charge in [-0.2, -0.15) is 0 Å². The van der Waals surface area contributed by atoms with Crippen molar-refractivity contribution >= 4 is 11.7 Å². The topological polar surface area (TPSA) is 70.8 Å². The standard InChI is InChI=1S/C13H17NO4/c1-8-6-10(14)13-9(4-3-5-17-13)12(8)18-7-11(15)16-2/h6H,3-5,7,14H2,1-2H3. The Balaban J connectivity index is 2.31. The Morgan fingerprint density at radius 1 is 1.56 bits per heavy atom. The largest absolute Gasteiger partial charge is 0.491 e. The number of hydrogen-bond donors (Lipinski definition) is 1. The summed E-state index contributed by atoms with van der Waals surface area (Å²) in [5, 5.41) is 0. The van der Waals surface area contributed by atoms with Gasteiger partial charge in [-0.1, -0.05) is 0 Å². The van der Waals surface area contributed by atoms with Crippen LogP contribution in [0.2, 0.25) is 0 Å². The highest BCUT2D eigenvalue weighted by atomic mass is 16.6. The summed E-state index contributed by atoms with van der Waals surface area (Å²) in [6.07, 6.45) is 1.77. The molecule has 1 heterocycles. The van der Waals surface area contributed by atoms with Crippen LogP contribution >= 0.6 is 0 Å². The Hall–Kier alpha value is -1.91. The van der Waals surface area contributed by atoms with Gasteiger partial charge < -0.3 is 19.9 Å². The fraction of sp³-hybridized carbons (Fsp3) is 0.462. The zero-order valence-corrected chi connectivity index (χ0v) is 10.6. The third-order valence-corrected chi connectivity index (χ3v) is 2.92. The predicted octanol–water partition coefficient (Wildman–Crippen LogP) is 1.45. The van der Waals surface area contributed by atoms with E-state index in [1.165, 1.54) is 7.11 Å². The quantitative estimate of drug-likeness (QED) is 0.650. The van der Waals surface area contributed by atoms with Crippen molar-refractivity contribution in [2.45, 2.75) is 19.8 Å². The average molecular weight is 251 g/mol. The van der Waals surface area contributed by atoms with E-state index in [4.69, 9.17) is 15.2 Å². The van der Waals surface area contributed by atoms with Gasteiger partial charge in [0.2, 0.25) is 0 Å². The Morgan fingerprint density at radius 3 is 3.06 bits per heavy atom. The summed E-state index contributed by atoms with van der Waals surface area (Å²) in [4.78, 5) is 11.1. The molecule has 1 aromatic rings. The Morgan fingerprint density at radius 2 is 2.33 bits per heavy atom. The summed E-state index contributed by atoms with van der Waals surface area (Å²) < 4.78 is 15.7. The van der Waals surface area contributed by atoms with E-state index < -0.39 is 5.97 Å². The van der Waals surface area contributed by atoms with Crippen molar-refractivity contribution in [3.05, 3.63) is 17.2 Å². The summed E-state index contributed by atoms with van der Waals surface area (Å²) in [7, 11) is 1.33. The molecule has 0 bridgehead atoms. The number of methoxy groups -OCH3 is 1. The number of carbonyl (C=O) groups excluding carboxylic acids is 1. The van der Waals surface area contributed by atoms with Crippen LogP contribution in [-0.2, 0) is 16.0 Å². The molecule has 0 radical (unpaired) electrons. The van der Waals surface area contributed by atoms with E-state index in [1.807, 2.05) is 6.92 Å². The number of fused-ring (bicyclic) bond motifs is 1. The van der Waals surface area contributed by atoms with E-state index in [1.54, 1.807) is 6.07 Å². The van der Waals surface area contributed by atoms with Crippen LogP contribution in [0.1, 0.15) is 17.5 Å². The first-order valence-electron chi connectivity index (χ1n) is 5.88. The number of hydrogen-bond acceptors (Lipinski definition) is 5. The van der Waals surface area contributed by atoms with Gasteiger partial charge in [0.1, 0.15) is 11.5 Å². The SMILES string of the molecule is COC(=O)COc1c(C)cc(N)c2c1CCCO2. The minimum Gasteiger partial charge on any atom is -0.491 e. The minimum absolute atomic E-state index is 0.103. The molecule has 5 heteroatoms. The highest BCUT2D eigenvalue weighted by Gasteiger charge is 2.21. The molecule has 1 aliphatic rings. The second kappa shape index (κ2) is 5.16. The van der Waals surface area contributed by atoms with E-state index >= 15 is 0 Å². The Bertz CT molecular complexity index is 471. The third kappa shape index (κ3) is 2.34. The third-order valence-electron chi connectivity index (χ3n) is 2.92. The van der Waals surface area contributed by atoms with Crippen LogP contribution in [0.15, 0.2) is 6.07 Å². The molecule has 0 unspecified atom stereocenters. The highest BCUT2D eigenvalue weighted by molar-refractivity contribution is 5.71. The van der Waals surface area contributed by atoms with Crippen LogP contribution in [-0.4, -0.2) is 26.3 Å². The lowest BCUT2D eigenvalue weighted by Crippen LogP contribution is -2.17. The van der Waals surface area contributed by atoms with Crippen LogP contribution in [0.4, 0.5) is 5.69 Å². The number of anilines is 1. The van der Waals surface area contributed by atoms with Gasteiger partial charge in [0.25, 0.3) is 0 Å². The molecule has 2 rings (SSSR count). The van der Waals surface area contributed by atoms with Gasteiger partial charge in [-0.3, -0.25) is 0 Å². The molecule has 0 saturated carbocycles. The molecule has 0 atom stereocenters. The van der Waals surface area contributed by atoms with Crippen LogP contribution < -0.4 is 15.2 Å². The van der Waals surface area contributed by atoms with Gasteiger partial charge in [0.05, 0.1) is 19.4 Å². The summed E-state index contributed by atoms with van der Waals surface area (Å²) >= 11 is 0. The fourth-order valence-electron chi connectivity index (χ4n) is 2.09. The lowest BCUT2D eigenvalue weighted by molar-refractivity contribution is -0.142. The van der Waals surface area contributed by atoms with E-state index in [9.17, 15) is 4.79 Å². The first-order chi connectivity index (χ1) is 8.63. The maximum Gasteiger partial charge on any atom is 0.343 e. The van der Waals surface area contributed by atoms with Gasteiger partial charge >= 0.3 is 5.97 Å². The Labute approximate surface area is 106 Å². The van der Waals surface area contributed by atoms with Crippen molar-refractivity contribution < 1.29 is 19.0 Å². The number of nitrogens with two attached hydrogens (primary N) is 1.